The largest absolute Gasteiger partial charge is 0.475 e. The number of carbonyl (C=O) groups is 2. The summed E-state index contributed by atoms with van der Waals surface area (Å²) in [6.45, 7) is 5.11. The fourth-order valence-corrected chi connectivity index (χ4v) is 3.08. The monoisotopic (exact) mass is 399 g/mol. The zero-order chi connectivity index (χ0) is 21.0. The predicted octanol–water partition coefficient (Wildman–Crippen LogP) is 2.88. The van der Waals surface area contributed by atoms with Crippen molar-refractivity contribution in [3.8, 4) is 5.88 Å². The highest BCUT2D eigenvalue weighted by Gasteiger charge is 2.30. The molecule has 2 aromatic rings. The van der Waals surface area contributed by atoms with E-state index in [1.807, 2.05) is 30.3 Å². The number of carbonyl (C=O) groups excluding carboxylic acids is 2. The molecule has 1 aliphatic heterocycles. The molecular formula is C21H25N3O5. The van der Waals surface area contributed by atoms with E-state index >= 15 is 0 Å². The summed E-state index contributed by atoms with van der Waals surface area (Å²) in [5.74, 6) is -0.0327. The molecule has 2 heterocycles. The summed E-state index contributed by atoms with van der Waals surface area (Å²) in [4.78, 5) is 30.3. The summed E-state index contributed by atoms with van der Waals surface area (Å²) in [7, 11) is 0. The lowest BCUT2D eigenvalue weighted by Crippen LogP contribution is -2.37. The number of ether oxygens (including phenoxy) is 2. The first-order valence-corrected chi connectivity index (χ1v) is 9.34. The molecule has 154 valence electrons. The van der Waals surface area contributed by atoms with Crippen LogP contribution in [0.15, 0.2) is 42.6 Å². The van der Waals surface area contributed by atoms with Crippen molar-refractivity contribution in [1.82, 2.24) is 9.88 Å². The maximum absolute atomic E-state index is 12.4. The molecular weight excluding hydrogens is 374 g/mol. The summed E-state index contributed by atoms with van der Waals surface area (Å²) < 4.78 is 11.1. The molecule has 8 nitrogen and oxygen atoms in total. The SMILES string of the molecule is CC(C)(C)OC(=O)Nc1cnc2c(c1)CN(C(=O)CO)[C@H](c1ccccc1)CO2. The molecule has 0 aliphatic carbocycles. The Morgan fingerprint density at radius 1 is 1.31 bits per heavy atom. The summed E-state index contributed by atoms with van der Waals surface area (Å²) in [6.07, 6.45) is 0.878. The zero-order valence-corrected chi connectivity index (χ0v) is 16.7. The summed E-state index contributed by atoms with van der Waals surface area (Å²) in [6, 6.07) is 10.8. The van der Waals surface area contributed by atoms with E-state index in [1.54, 1.807) is 31.7 Å². The van der Waals surface area contributed by atoms with Gasteiger partial charge in [0.15, 0.2) is 0 Å². The summed E-state index contributed by atoms with van der Waals surface area (Å²) in [5, 5.41) is 12.1. The summed E-state index contributed by atoms with van der Waals surface area (Å²) in [5.41, 5.74) is 1.32. The van der Waals surface area contributed by atoms with Gasteiger partial charge < -0.3 is 19.5 Å². The van der Waals surface area contributed by atoms with Gasteiger partial charge in [-0.05, 0) is 32.4 Å². The van der Waals surface area contributed by atoms with Crippen LogP contribution in [0, 0.1) is 0 Å². The molecule has 0 fully saturated rings. The van der Waals surface area contributed by atoms with E-state index in [1.165, 1.54) is 6.20 Å². The van der Waals surface area contributed by atoms with Crippen molar-refractivity contribution in [1.29, 1.82) is 0 Å². The van der Waals surface area contributed by atoms with Crippen molar-refractivity contribution in [2.75, 3.05) is 18.5 Å². The number of rotatable bonds is 3. The lowest BCUT2D eigenvalue weighted by Gasteiger charge is -2.29. The number of nitrogens with one attached hydrogen (secondary N) is 1. The third-order valence-electron chi connectivity index (χ3n) is 4.31. The van der Waals surface area contributed by atoms with E-state index in [9.17, 15) is 14.7 Å². The molecule has 0 bridgehead atoms. The second kappa shape index (κ2) is 8.48. The van der Waals surface area contributed by atoms with Crippen LogP contribution in [-0.4, -0.2) is 45.8 Å². The molecule has 29 heavy (non-hydrogen) atoms. The van der Waals surface area contributed by atoms with E-state index in [2.05, 4.69) is 10.3 Å². The van der Waals surface area contributed by atoms with Crippen molar-refractivity contribution >= 4 is 17.7 Å². The smallest absolute Gasteiger partial charge is 0.412 e. The number of hydrogen-bond donors (Lipinski definition) is 2. The second-order valence-electron chi connectivity index (χ2n) is 7.73. The molecule has 0 saturated carbocycles. The van der Waals surface area contributed by atoms with Crippen LogP contribution in [0.1, 0.15) is 37.9 Å². The normalized spacial score (nSPS) is 16.3. The molecule has 0 unspecified atom stereocenters. The van der Waals surface area contributed by atoms with Gasteiger partial charge in [-0.25, -0.2) is 9.78 Å². The van der Waals surface area contributed by atoms with Gasteiger partial charge in [0.1, 0.15) is 18.8 Å². The highest BCUT2D eigenvalue weighted by molar-refractivity contribution is 5.85. The maximum atomic E-state index is 12.4. The van der Waals surface area contributed by atoms with Gasteiger partial charge in [0.2, 0.25) is 11.8 Å². The number of amides is 2. The standard InChI is InChI=1S/C21H25N3O5/c1-21(2,3)29-20(27)23-16-9-15-11-24(18(26)12-25)17(13-28-19(15)22-10-16)14-7-5-4-6-8-14/h4-10,17,25H,11-13H2,1-3H3,(H,23,27)/t17-/m0/s1. The Hall–Kier alpha value is -3.13. The van der Waals surface area contributed by atoms with Crippen molar-refractivity contribution in [3.05, 3.63) is 53.7 Å². The lowest BCUT2D eigenvalue weighted by atomic mass is 10.1. The van der Waals surface area contributed by atoms with Gasteiger partial charge in [0.05, 0.1) is 24.5 Å². The van der Waals surface area contributed by atoms with E-state index < -0.39 is 24.2 Å². The minimum atomic E-state index is -0.625. The van der Waals surface area contributed by atoms with Crippen LogP contribution < -0.4 is 10.1 Å². The van der Waals surface area contributed by atoms with Crippen LogP contribution in [0.25, 0.3) is 0 Å². The van der Waals surface area contributed by atoms with Crippen molar-refractivity contribution in [2.24, 2.45) is 0 Å². The first kappa shape index (κ1) is 20.6. The van der Waals surface area contributed by atoms with Crippen LogP contribution >= 0.6 is 0 Å². The minimum absolute atomic E-state index is 0.186. The molecule has 1 aliphatic rings. The van der Waals surface area contributed by atoms with Crippen molar-refractivity contribution in [3.63, 3.8) is 0 Å². The molecule has 0 spiro atoms. The Morgan fingerprint density at radius 3 is 2.69 bits per heavy atom. The first-order valence-electron chi connectivity index (χ1n) is 9.34. The Labute approximate surface area is 169 Å². The quantitative estimate of drug-likeness (QED) is 0.823. The maximum Gasteiger partial charge on any atom is 0.412 e. The van der Waals surface area contributed by atoms with E-state index in [-0.39, 0.29) is 19.2 Å². The molecule has 3 rings (SSSR count). The molecule has 1 atom stereocenters. The van der Waals surface area contributed by atoms with Gasteiger partial charge in [-0.15, -0.1) is 0 Å². The summed E-state index contributed by atoms with van der Waals surface area (Å²) >= 11 is 0. The van der Waals surface area contributed by atoms with E-state index in [4.69, 9.17) is 9.47 Å². The molecule has 1 aromatic heterocycles. The Morgan fingerprint density at radius 2 is 2.03 bits per heavy atom. The van der Waals surface area contributed by atoms with Gasteiger partial charge in [0, 0.05) is 5.56 Å². The number of aliphatic hydroxyl groups excluding tert-OH is 1. The predicted molar refractivity (Wildman–Crippen MR) is 106 cm³/mol. The molecule has 2 amide bonds. The van der Waals surface area contributed by atoms with Crippen molar-refractivity contribution in [2.45, 2.75) is 39.0 Å². The number of benzene rings is 1. The lowest BCUT2D eigenvalue weighted by molar-refractivity contribution is -0.137. The fourth-order valence-electron chi connectivity index (χ4n) is 3.08. The minimum Gasteiger partial charge on any atom is -0.475 e. The average molecular weight is 399 g/mol. The van der Waals surface area contributed by atoms with Crippen LogP contribution in [0.5, 0.6) is 5.88 Å². The Bertz CT molecular complexity index is 880. The Balaban J connectivity index is 1.85. The van der Waals surface area contributed by atoms with Crippen molar-refractivity contribution < 1.29 is 24.2 Å². The Kier molecular flexibility index (Phi) is 6.03. The van der Waals surface area contributed by atoms with Gasteiger partial charge in [0.25, 0.3) is 0 Å². The number of nitrogens with zero attached hydrogens (tertiary/aromatic N) is 2. The molecule has 0 saturated heterocycles. The van der Waals surface area contributed by atoms with E-state index in [0.717, 1.165) is 5.56 Å². The van der Waals surface area contributed by atoms with Crippen LogP contribution in [0.3, 0.4) is 0 Å². The van der Waals surface area contributed by atoms with Crippen LogP contribution in [-0.2, 0) is 16.1 Å². The van der Waals surface area contributed by atoms with Gasteiger partial charge in [-0.1, -0.05) is 30.3 Å². The highest BCUT2D eigenvalue weighted by Crippen LogP contribution is 2.31. The van der Waals surface area contributed by atoms with E-state index in [0.29, 0.717) is 17.1 Å². The number of aromatic nitrogens is 1. The number of fused-ring (bicyclic) bond motifs is 1. The highest BCUT2D eigenvalue weighted by atomic mass is 16.6. The van der Waals surface area contributed by atoms with Crippen LogP contribution in [0.2, 0.25) is 0 Å². The van der Waals surface area contributed by atoms with Crippen LogP contribution in [0.4, 0.5) is 10.5 Å². The second-order valence-corrected chi connectivity index (χ2v) is 7.73. The third-order valence-corrected chi connectivity index (χ3v) is 4.31. The molecule has 0 radical (unpaired) electrons. The van der Waals surface area contributed by atoms with Gasteiger partial charge in [-0.3, -0.25) is 10.1 Å². The number of aliphatic hydroxyl groups is 1. The molecule has 8 heteroatoms. The number of hydrogen-bond acceptors (Lipinski definition) is 6. The van der Waals surface area contributed by atoms with Gasteiger partial charge in [-0.2, -0.15) is 0 Å². The molecule has 2 N–H and O–H groups in total. The fraction of sp³-hybridized carbons (Fsp3) is 0.381. The number of pyridine rings is 1. The topological polar surface area (TPSA) is 101 Å². The zero-order valence-electron chi connectivity index (χ0n) is 16.7. The molecule has 1 aromatic carbocycles. The first-order chi connectivity index (χ1) is 13.8. The number of anilines is 1. The van der Waals surface area contributed by atoms with Gasteiger partial charge >= 0.3 is 6.09 Å². The average Bonchev–Trinajstić information content (AvgIpc) is 2.86. The third kappa shape index (κ3) is 5.23.